The smallest absolute Gasteiger partial charge is 0.162 e. The van der Waals surface area contributed by atoms with Crippen LogP contribution in [0.2, 0.25) is 0 Å². The van der Waals surface area contributed by atoms with Gasteiger partial charge in [0, 0.05) is 22.4 Å². The molecular weight excluding hydrogens is 254 g/mol. The van der Waals surface area contributed by atoms with E-state index in [0.29, 0.717) is 17.3 Å². The predicted molar refractivity (Wildman–Crippen MR) is 51.0 cm³/mol. The summed E-state index contributed by atoms with van der Waals surface area (Å²) in [5.41, 5.74) is 0.174. The lowest BCUT2D eigenvalue weighted by atomic mass is 9.78. The first-order valence-corrected chi connectivity index (χ1v) is 5.06. The van der Waals surface area contributed by atoms with Crippen molar-refractivity contribution in [2.75, 3.05) is 0 Å². The molecule has 1 nitrogen and oxygen atoms in total. The molecule has 0 N–H and O–H groups in total. The van der Waals surface area contributed by atoms with Crippen LogP contribution in [0.5, 0.6) is 0 Å². The van der Waals surface area contributed by atoms with Crippen LogP contribution in [-0.2, 0) is 4.79 Å². The van der Waals surface area contributed by atoms with Crippen molar-refractivity contribution < 1.29 is 13.6 Å². The van der Waals surface area contributed by atoms with Crippen LogP contribution in [0.3, 0.4) is 0 Å². The van der Waals surface area contributed by atoms with E-state index >= 15 is 0 Å². The standard InChI is InChI=1S/C10H7BrF2O/c11-5-3-7(6-1-2-9(6)14)10(13)8(12)4-5/h3-4,6H,1-2H2. The summed E-state index contributed by atoms with van der Waals surface area (Å²) in [7, 11) is 0. The average molecular weight is 261 g/mol. The number of carbonyl (C=O) groups excluding carboxylic acids is 1. The number of Topliss-reactive ketones (excluding diaryl/α,β-unsaturated/α-hetero) is 1. The summed E-state index contributed by atoms with van der Waals surface area (Å²) in [6, 6.07) is 2.53. The van der Waals surface area contributed by atoms with Crippen LogP contribution in [0.25, 0.3) is 0 Å². The lowest BCUT2D eigenvalue weighted by Gasteiger charge is -2.24. The fourth-order valence-electron chi connectivity index (χ4n) is 1.56. The van der Waals surface area contributed by atoms with Crippen molar-refractivity contribution in [1.82, 2.24) is 0 Å². The molecule has 4 heteroatoms. The fourth-order valence-corrected chi connectivity index (χ4v) is 2.01. The molecule has 1 saturated carbocycles. The van der Waals surface area contributed by atoms with Crippen molar-refractivity contribution >= 4 is 21.7 Å². The van der Waals surface area contributed by atoms with Gasteiger partial charge in [0.1, 0.15) is 5.78 Å². The van der Waals surface area contributed by atoms with Gasteiger partial charge in [0.15, 0.2) is 11.6 Å². The molecule has 0 amide bonds. The van der Waals surface area contributed by atoms with Crippen LogP contribution >= 0.6 is 15.9 Å². The Balaban J connectivity index is 2.46. The fraction of sp³-hybridized carbons (Fsp3) is 0.300. The molecule has 1 aliphatic rings. The number of halogens is 3. The highest BCUT2D eigenvalue weighted by Gasteiger charge is 2.32. The Bertz CT molecular complexity index is 403. The normalized spacial score (nSPS) is 20.8. The molecule has 74 valence electrons. The molecule has 1 fully saturated rings. The maximum Gasteiger partial charge on any atom is 0.162 e. The number of ketones is 1. The summed E-state index contributed by atoms with van der Waals surface area (Å²) >= 11 is 3.07. The van der Waals surface area contributed by atoms with Crippen molar-refractivity contribution in [2.45, 2.75) is 18.8 Å². The Morgan fingerprint density at radius 3 is 2.57 bits per heavy atom. The second-order valence-electron chi connectivity index (χ2n) is 3.35. The second kappa shape index (κ2) is 3.42. The topological polar surface area (TPSA) is 17.1 Å². The highest BCUT2D eigenvalue weighted by molar-refractivity contribution is 9.10. The summed E-state index contributed by atoms with van der Waals surface area (Å²) in [6.07, 6.45) is 1.09. The van der Waals surface area contributed by atoms with E-state index < -0.39 is 17.6 Å². The van der Waals surface area contributed by atoms with Gasteiger partial charge in [-0.15, -0.1) is 0 Å². The van der Waals surface area contributed by atoms with Crippen LogP contribution in [0, 0.1) is 11.6 Å². The third-order valence-electron chi connectivity index (χ3n) is 2.46. The molecule has 0 aromatic heterocycles. The molecule has 0 radical (unpaired) electrons. The first-order valence-electron chi connectivity index (χ1n) is 4.26. The van der Waals surface area contributed by atoms with Crippen molar-refractivity contribution in [3.63, 3.8) is 0 Å². The molecule has 2 rings (SSSR count). The minimum Gasteiger partial charge on any atom is -0.299 e. The van der Waals surface area contributed by atoms with Crippen LogP contribution in [0.4, 0.5) is 8.78 Å². The van der Waals surface area contributed by atoms with E-state index in [-0.39, 0.29) is 11.3 Å². The maximum absolute atomic E-state index is 13.3. The van der Waals surface area contributed by atoms with E-state index in [1.165, 1.54) is 6.07 Å². The Labute approximate surface area is 88.2 Å². The van der Waals surface area contributed by atoms with Gasteiger partial charge in [-0.1, -0.05) is 15.9 Å². The molecule has 0 bridgehead atoms. The molecule has 0 spiro atoms. The molecule has 14 heavy (non-hydrogen) atoms. The van der Waals surface area contributed by atoms with Gasteiger partial charge in [0.05, 0.1) is 0 Å². The van der Waals surface area contributed by atoms with Crippen molar-refractivity contribution in [3.05, 3.63) is 33.8 Å². The zero-order chi connectivity index (χ0) is 10.3. The van der Waals surface area contributed by atoms with Gasteiger partial charge in [0.2, 0.25) is 0 Å². The number of rotatable bonds is 1. The quantitative estimate of drug-likeness (QED) is 0.709. The SMILES string of the molecule is O=C1CCC1c1cc(Br)cc(F)c1F. The molecule has 1 aromatic rings. The van der Waals surface area contributed by atoms with Gasteiger partial charge >= 0.3 is 0 Å². The molecule has 0 aliphatic heterocycles. The van der Waals surface area contributed by atoms with E-state index in [1.807, 2.05) is 0 Å². The van der Waals surface area contributed by atoms with Crippen molar-refractivity contribution in [3.8, 4) is 0 Å². The lowest BCUT2D eigenvalue weighted by Crippen LogP contribution is -2.24. The zero-order valence-corrected chi connectivity index (χ0v) is 8.77. The Kier molecular flexibility index (Phi) is 2.39. The highest BCUT2D eigenvalue weighted by atomic mass is 79.9. The molecule has 0 saturated heterocycles. The summed E-state index contributed by atoms with van der Waals surface area (Å²) < 4.78 is 26.7. The predicted octanol–water partition coefficient (Wildman–Crippen LogP) is 3.17. The lowest BCUT2D eigenvalue weighted by molar-refractivity contribution is -0.125. The summed E-state index contributed by atoms with van der Waals surface area (Å²) in [5.74, 6) is -2.26. The summed E-state index contributed by atoms with van der Waals surface area (Å²) in [4.78, 5) is 11.1. The number of hydrogen-bond acceptors (Lipinski definition) is 1. The van der Waals surface area contributed by atoms with E-state index in [0.717, 1.165) is 6.07 Å². The number of hydrogen-bond donors (Lipinski definition) is 0. The first kappa shape index (κ1) is 9.77. The molecule has 1 unspecified atom stereocenters. The van der Waals surface area contributed by atoms with Gasteiger partial charge in [-0.05, 0) is 18.6 Å². The van der Waals surface area contributed by atoms with Crippen LogP contribution in [-0.4, -0.2) is 5.78 Å². The van der Waals surface area contributed by atoms with Crippen molar-refractivity contribution in [1.29, 1.82) is 0 Å². The van der Waals surface area contributed by atoms with E-state index in [9.17, 15) is 13.6 Å². The van der Waals surface area contributed by atoms with Crippen LogP contribution in [0.1, 0.15) is 24.3 Å². The molecular formula is C10H7BrF2O. The molecule has 1 aliphatic carbocycles. The van der Waals surface area contributed by atoms with Gasteiger partial charge in [-0.25, -0.2) is 8.78 Å². The van der Waals surface area contributed by atoms with E-state index in [1.54, 1.807) is 0 Å². The Morgan fingerprint density at radius 2 is 2.07 bits per heavy atom. The van der Waals surface area contributed by atoms with Gasteiger partial charge in [0.25, 0.3) is 0 Å². The van der Waals surface area contributed by atoms with Gasteiger partial charge < -0.3 is 0 Å². The Morgan fingerprint density at radius 1 is 1.36 bits per heavy atom. The minimum atomic E-state index is -0.908. The Hall–Kier alpha value is -0.770. The van der Waals surface area contributed by atoms with Gasteiger partial charge in [-0.3, -0.25) is 4.79 Å². The first-order chi connectivity index (χ1) is 6.59. The number of benzene rings is 1. The third-order valence-corrected chi connectivity index (χ3v) is 2.92. The summed E-state index contributed by atoms with van der Waals surface area (Å²) in [5, 5.41) is 0. The van der Waals surface area contributed by atoms with E-state index in [4.69, 9.17) is 0 Å². The average Bonchev–Trinajstić information content (AvgIpc) is 2.11. The van der Waals surface area contributed by atoms with Crippen molar-refractivity contribution in [2.24, 2.45) is 0 Å². The summed E-state index contributed by atoms with van der Waals surface area (Å²) in [6.45, 7) is 0. The second-order valence-corrected chi connectivity index (χ2v) is 4.26. The molecule has 1 aromatic carbocycles. The van der Waals surface area contributed by atoms with Crippen LogP contribution in [0.15, 0.2) is 16.6 Å². The largest absolute Gasteiger partial charge is 0.299 e. The molecule has 0 heterocycles. The zero-order valence-electron chi connectivity index (χ0n) is 7.19. The molecule has 1 atom stereocenters. The third kappa shape index (κ3) is 1.47. The monoisotopic (exact) mass is 260 g/mol. The minimum absolute atomic E-state index is 0.0126. The van der Waals surface area contributed by atoms with Gasteiger partial charge in [-0.2, -0.15) is 0 Å². The van der Waals surface area contributed by atoms with E-state index in [2.05, 4.69) is 15.9 Å². The number of carbonyl (C=O) groups is 1. The van der Waals surface area contributed by atoms with Crippen LogP contribution < -0.4 is 0 Å². The maximum atomic E-state index is 13.3. The highest BCUT2D eigenvalue weighted by Crippen LogP contribution is 2.36.